The summed E-state index contributed by atoms with van der Waals surface area (Å²) in [6, 6.07) is 13.5. The molecule has 1 unspecified atom stereocenters. The minimum Gasteiger partial charge on any atom is -0.491 e. The van der Waals surface area contributed by atoms with Gasteiger partial charge in [-0.05, 0) is 76.5 Å². The molecule has 0 heterocycles. The van der Waals surface area contributed by atoms with Crippen LogP contribution < -0.4 is 4.74 Å². The Balaban J connectivity index is 1.88. The number of rotatable bonds is 6. The highest BCUT2D eigenvalue weighted by atomic mass is 16.5. The fourth-order valence-corrected chi connectivity index (χ4v) is 6.07. The van der Waals surface area contributed by atoms with E-state index in [9.17, 15) is 5.11 Å². The monoisotopic (exact) mass is 394 g/mol. The van der Waals surface area contributed by atoms with Crippen LogP contribution in [0.3, 0.4) is 0 Å². The van der Waals surface area contributed by atoms with E-state index in [-0.39, 0.29) is 29.5 Å². The molecular formula is C26H34O3. The topological polar surface area (TPSA) is 49.7 Å². The number of benzene rings is 2. The molecule has 29 heavy (non-hydrogen) atoms. The van der Waals surface area contributed by atoms with Crippen LogP contribution in [-0.2, 0) is 22.7 Å². The number of aryl methyl sites for hydroxylation is 1. The predicted molar refractivity (Wildman–Crippen MR) is 117 cm³/mol. The van der Waals surface area contributed by atoms with Crippen LogP contribution in [-0.4, -0.2) is 30.0 Å². The van der Waals surface area contributed by atoms with Crippen LogP contribution in [0.25, 0.3) is 0 Å². The van der Waals surface area contributed by atoms with Gasteiger partial charge in [0.2, 0.25) is 0 Å². The van der Waals surface area contributed by atoms with E-state index in [0.29, 0.717) is 6.61 Å². The van der Waals surface area contributed by atoms with Gasteiger partial charge in [0.25, 0.3) is 0 Å². The highest BCUT2D eigenvalue weighted by Crippen LogP contribution is 2.63. The fourth-order valence-electron chi connectivity index (χ4n) is 6.07. The lowest BCUT2D eigenvalue weighted by Crippen LogP contribution is -2.27. The first-order chi connectivity index (χ1) is 13.7. The lowest BCUT2D eigenvalue weighted by Gasteiger charge is -2.31. The smallest absolute Gasteiger partial charge is 0.119 e. The first-order valence-corrected chi connectivity index (χ1v) is 10.9. The summed E-state index contributed by atoms with van der Waals surface area (Å²) < 4.78 is 5.79. The number of aliphatic hydroxyl groups excluding tert-OH is 2. The van der Waals surface area contributed by atoms with Gasteiger partial charge in [0.1, 0.15) is 12.4 Å². The van der Waals surface area contributed by atoms with Crippen molar-refractivity contribution in [3.05, 3.63) is 64.2 Å². The summed E-state index contributed by atoms with van der Waals surface area (Å²) in [6.45, 7) is 10.0. The van der Waals surface area contributed by atoms with Crippen molar-refractivity contribution in [2.45, 2.75) is 69.6 Å². The van der Waals surface area contributed by atoms with Gasteiger partial charge >= 0.3 is 0 Å². The van der Waals surface area contributed by atoms with Gasteiger partial charge in [0.15, 0.2) is 0 Å². The Bertz CT molecular complexity index is 835. The van der Waals surface area contributed by atoms with Crippen molar-refractivity contribution < 1.29 is 14.9 Å². The molecule has 3 heteroatoms. The minimum absolute atomic E-state index is 0.00846. The number of aliphatic hydroxyl groups is 2. The first kappa shape index (κ1) is 20.4. The van der Waals surface area contributed by atoms with E-state index >= 15 is 0 Å². The zero-order chi connectivity index (χ0) is 20.9. The Morgan fingerprint density at radius 1 is 0.793 bits per heavy atom. The molecule has 1 atom stereocenters. The largest absolute Gasteiger partial charge is 0.491 e. The number of hydrogen-bond acceptors (Lipinski definition) is 3. The van der Waals surface area contributed by atoms with Crippen LogP contribution in [0.15, 0.2) is 36.4 Å². The van der Waals surface area contributed by atoms with Gasteiger partial charge < -0.3 is 14.9 Å². The molecule has 2 N–H and O–H groups in total. The number of ether oxygens (including phenoxy) is 1. The molecule has 0 aliphatic heterocycles. The van der Waals surface area contributed by atoms with Crippen molar-refractivity contribution in [1.82, 2.24) is 0 Å². The molecule has 2 aliphatic carbocycles. The summed E-state index contributed by atoms with van der Waals surface area (Å²) in [6.07, 6.45) is 3.91. The van der Waals surface area contributed by atoms with Gasteiger partial charge in [-0.15, -0.1) is 0 Å². The van der Waals surface area contributed by atoms with Gasteiger partial charge in [-0.2, -0.15) is 0 Å². The lowest BCUT2D eigenvalue weighted by molar-refractivity contribution is 0.201. The van der Waals surface area contributed by atoms with E-state index in [0.717, 1.165) is 31.4 Å². The van der Waals surface area contributed by atoms with Crippen molar-refractivity contribution in [1.29, 1.82) is 0 Å². The van der Waals surface area contributed by atoms with E-state index in [1.807, 2.05) is 6.07 Å². The van der Waals surface area contributed by atoms with E-state index in [1.54, 1.807) is 0 Å². The van der Waals surface area contributed by atoms with Crippen LogP contribution >= 0.6 is 0 Å². The average molecular weight is 395 g/mol. The van der Waals surface area contributed by atoms with Crippen molar-refractivity contribution in [2.24, 2.45) is 0 Å². The third-order valence-corrected chi connectivity index (χ3v) is 7.04. The van der Waals surface area contributed by atoms with Crippen molar-refractivity contribution in [3.8, 4) is 5.75 Å². The highest BCUT2D eigenvalue weighted by Gasteiger charge is 2.56. The van der Waals surface area contributed by atoms with E-state index in [4.69, 9.17) is 9.84 Å². The molecule has 1 spiro atoms. The standard InChI is InChI=1S/C26H34O3/c1-24(2)16-26(22-14-18(6-5-11-27)7-9-20(22)24)17-25(3,4)21-10-8-19(15-23(21)26)29-13-12-28/h7-10,14-15,27-28H,5-6,11-13,16-17H2,1-4H3. The SMILES string of the molecule is CC1(C)CC2(CC(C)(C)c3ccc(OCCO)cc32)c2cc(CCCO)ccc21. The Morgan fingerprint density at radius 3 is 2.03 bits per heavy atom. The fraction of sp³-hybridized carbons (Fsp3) is 0.538. The van der Waals surface area contributed by atoms with Gasteiger partial charge in [0.05, 0.1) is 6.61 Å². The predicted octanol–water partition coefficient (Wildman–Crippen LogP) is 4.63. The molecule has 0 saturated carbocycles. The summed E-state index contributed by atoms with van der Waals surface area (Å²) in [4.78, 5) is 0. The molecule has 0 amide bonds. The first-order valence-electron chi connectivity index (χ1n) is 10.9. The maximum atomic E-state index is 9.28. The lowest BCUT2D eigenvalue weighted by atomic mass is 9.72. The average Bonchev–Trinajstić information content (AvgIpc) is 3.04. The van der Waals surface area contributed by atoms with Crippen LogP contribution in [0.4, 0.5) is 0 Å². The van der Waals surface area contributed by atoms with Gasteiger partial charge in [-0.1, -0.05) is 52.0 Å². The molecular weight excluding hydrogens is 360 g/mol. The van der Waals surface area contributed by atoms with Crippen LogP contribution in [0.5, 0.6) is 5.75 Å². The summed E-state index contributed by atoms with van der Waals surface area (Å²) in [7, 11) is 0. The maximum absolute atomic E-state index is 9.28. The van der Waals surface area contributed by atoms with Crippen molar-refractivity contribution >= 4 is 0 Å². The molecule has 4 rings (SSSR count). The molecule has 0 radical (unpaired) electrons. The quantitative estimate of drug-likeness (QED) is 0.751. The van der Waals surface area contributed by atoms with Crippen LogP contribution in [0, 0.1) is 0 Å². The normalized spacial score (nSPS) is 23.2. The zero-order valence-corrected chi connectivity index (χ0v) is 18.2. The van der Waals surface area contributed by atoms with Crippen LogP contribution in [0.2, 0.25) is 0 Å². The molecule has 156 valence electrons. The third kappa shape index (κ3) is 3.29. The van der Waals surface area contributed by atoms with Gasteiger partial charge in [0, 0.05) is 12.0 Å². The number of hydrogen-bond donors (Lipinski definition) is 2. The second-order valence-corrected chi connectivity index (χ2v) is 10.2. The molecule has 0 saturated heterocycles. The number of fused-ring (bicyclic) bond motifs is 4. The molecule has 0 aromatic heterocycles. The molecule has 3 nitrogen and oxygen atoms in total. The zero-order valence-electron chi connectivity index (χ0n) is 18.2. The molecule has 2 aromatic rings. The van der Waals surface area contributed by atoms with E-state index < -0.39 is 0 Å². The van der Waals surface area contributed by atoms with Crippen molar-refractivity contribution in [3.63, 3.8) is 0 Å². The molecule has 0 fully saturated rings. The summed E-state index contributed by atoms with van der Waals surface area (Å²) >= 11 is 0. The van der Waals surface area contributed by atoms with Gasteiger partial charge in [-0.3, -0.25) is 0 Å². The molecule has 2 aromatic carbocycles. The molecule has 0 bridgehead atoms. The van der Waals surface area contributed by atoms with Crippen molar-refractivity contribution in [2.75, 3.05) is 19.8 Å². The molecule has 2 aliphatic rings. The van der Waals surface area contributed by atoms with E-state index in [1.165, 1.54) is 27.8 Å². The summed E-state index contributed by atoms with van der Waals surface area (Å²) in [5, 5.41) is 18.4. The Morgan fingerprint density at radius 2 is 1.41 bits per heavy atom. The summed E-state index contributed by atoms with van der Waals surface area (Å²) in [5.74, 6) is 0.845. The minimum atomic E-state index is -0.00846. The maximum Gasteiger partial charge on any atom is 0.119 e. The Kier molecular flexibility index (Phi) is 5.03. The second-order valence-electron chi connectivity index (χ2n) is 10.2. The Hall–Kier alpha value is -1.84. The van der Waals surface area contributed by atoms with Crippen LogP contribution in [0.1, 0.15) is 74.8 Å². The van der Waals surface area contributed by atoms with Gasteiger partial charge in [-0.25, -0.2) is 0 Å². The highest BCUT2D eigenvalue weighted by molar-refractivity contribution is 5.61. The Labute approximate surface area is 174 Å². The van der Waals surface area contributed by atoms with E-state index in [2.05, 4.69) is 58.0 Å². The second kappa shape index (κ2) is 7.14. The summed E-state index contributed by atoms with van der Waals surface area (Å²) in [5.41, 5.74) is 7.25. The third-order valence-electron chi connectivity index (χ3n) is 7.04.